The Kier molecular flexibility index (Phi) is 11.4. The molecule has 0 radical (unpaired) electrons. The zero-order chi connectivity index (χ0) is 18.6. The summed E-state index contributed by atoms with van der Waals surface area (Å²) in [6.07, 6.45) is 5.43. The molecule has 0 rings (SSSR count). The van der Waals surface area contributed by atoms with Gasteiger partial charge in [0.05, 0.1) is 13.2 Å². The average Bonchev–Trinajstić information content (AvgIpc) is 2.50. The van der Waals surface area contributed by atoms with Gasteiger partial charge in [-0.05, 0) is 31.1 Å². The van der Waals surface area contributed by atoms with Crippen LogP contribution in [-0.4, -0.2) is 25.2 Å². The molecule has 0 spiro atoms. The highest BCUT2D eigenvalue weighted by Crippen LogP contribution is 2.29. The molecule has 0 aliphatic rings. The van der Waals surface area contributed by atoms with Crippen molar-refractivity contribution < 1.29 is 19.1 Å². The molecule has 0 bridgehead atoms. The molecule has 0 saturated heterocycles. The number of carbonyl (C=O) groups excluding carboxylic acids is 2. The van der Waals surface area contributed by atoms with E-state index >= 15 is 0 Å². The Balaban J connectivity index is 5.44. The van der Waals surface area contributed by atoms with E-state index in [0.29, 0.717) is 37.2 Å². The van der Waals surface area contributed by atoms with Crippen LogP contribution in [0.4, 0.5) is 0 Å². The molecule has 0 heterocycles. The smallest absolute Gasteiger partial charge is 0.334 e. The van der Waals surface area contributed by atoms with Gasteiger partial charge in [-0.1, -0.05) is 60.8 Å². The van der Waals surface area contributed by atoms with E-state index in [2.05, 4.69) is 20.8 Å². The first-order valence-corrected chi connectivity index (χ1v) is 9.33. The lowest BCUT2D eigenvalue weighted by atomic mass is 9.85. The van der Waals surface area contributed by atoms with Crippen molar-refractivity contribution in [2.45, 2.75) is 86.5 Å². The number of rotatable bonds is 11. The van der Waals surface area contributed by atoms with Crippen LogP contribution in [0.5, 0.6) is 0 Å². The second-order valence-corrected chi connectivity index (χ2v) is 7.42. The van der Waals surface area contributed by atoms with Crippen LogP contribution in [-0.2, 0) is 19.1 Å². The Morgan fingerprint density at radius 3 is 1.58 bits per heavy atom. The van der Waals surface area contributed by atoms with Crippen LogP contribution in [0.25, 0.3) is 0 Å². The first-order chi connectivity index (χ1) is 11.3. The Morgan fingerprint density at radius 2 is 1.21 bits per heavy atom. The summed E-state index contributed by atoms with van der Waals surface area (Å²) in [6.45, 7) is 13.1. The van der Waals surface area contributed by atoms with Crippen LogP contribution in [0.2, 0.25) is 0 Å². The highest BCUT2D eigenvalue weighted by Gasteiger charge is 2.27. The molecular formula is C20H36O4. The number of hydrogen-bond acceptors (Lipinski definition) is 4. The van der Waals surface area contributed by atoms with Crippen molar-refractivity contribution in [2.24, 2.45) is 5.41 Å². The van der Waals surface area contributed by atoms with E-state index in [9.17, 15) is 9.59 Å². The lowest BCUT2D eigenvalue weighted by Crippen LogP contribution is -2.21. The van der Waals surface area contributed by atoms with Crippen molar-refractivity contribution in [1.82, 2.24) is 0 Å². The Bertz CT molecular complexity index is 416. The van der Waals surface area contributed by atoms with Gasteiger partial charge in [-0.25, -0.2) is 9.59 Å². The Morgan fingerprint density at radius 1 is 0.750 bits per heavy atom. The number of ether oxygens (including phenoxy) is 2. The molecule has 0 aliphatic carbocycles. The lowest BCUT2D eigenvalue weighted by molar-refractivity contribution is -0.143. The van der Waals surface area contributed by atoms with Gasteiger partial charge >= 0.3 is 11.9 Å². The molecule has 140 valence electrons. The van der Waals surface area contributed by atoms with Gasteiger partial charge in [0.1, 0.15) is 0 Å². The Hall–Kier alpha value is -1.32. The summed E-state index contributed by atoms with van der Waals surface area (Å²) in [5.74, 6) is -0.730. The second-order valence-electron chi connectivity index (χ2n) is 7.42. The monoisotopic (exact) mass is 340 g/mol. The van der Waals surface area contributed by atoms with E-state index in [1.807, 2.05) is 20.8 Å². The maximum atomic E-state index is 12.6. The quantitative estimate of drug-likeness (QED) is 0.294. The summed E-state index contributed by atoms with van der Waals surface area (Å²) in [4.78, 5) is 25.0. The predicted molar refractivity (Wildman–Crippen MR) is 97.7 cm³/mol. The van der Waals surface area contributed by atoms with Crippen LogP contribution in [0.15, 0.2) is 11.1 Å². The molecule has 0 aliphatic heterocycles. The maximum absolute atomic E-state index is 12.6. The molecule has 0 atom stereocenters. The van der Waals surface area contributed by atoms with Gasteiger partial charge in [-0.3, -0.25) is 0 Å². The fraction of sp³-hybridized carbons (Fsp3) is 0.800. The normalized spacial score (nSPS) is 12.6. The average molecular weight is 341 g/mol. The first-order valence-electron chi connectivity index (χ1n) is 9.33. The SMILES string of the molecule is CCCCOC(=O)C(CCC)=C(CC(C)(C)C)C(=O)OCCCC. The fourth-order valence-electron chi connectivity index (χ4n) is 2.25. The topological polar surface area (TPSA) is 52.6 Å². The summed E-state index contributed by atoms with van der Waals surface area (Å²) in [5.41, 5.74) is 0.869. The highest BCUT2D eigenvalue weighted by atomic mass is 16.5. The van der Waals surface area contributed by atoms with E-state index in [1.54, 1.807) is 0 Å². The third-order valence-electron chi connectivity index (χ3n) is 3.53. The van der Waals surface area contributed by atoms with Crippen LogP contribution in [0, 0.1) is 5.41 Å². The zero-order valence-corrected chi connectivity index (χ0v) is 16.5. The molecule has 0 fully saturated rings. The summed E-state index contributed by atoms with van der Waals surface area (Å²) >= 11 is 0. The van der Waals surface area contributed by atoms with Crippen molar-refractivity contribution in [2.75, 3.05) is 13.2 Å². The molecule has 0 unspecified atom stereocenters. The molecule has 0 saturated carbocycles. The van der Waals surface area contributed by atoms with E-state index in [4.69, 9.17) is 9.47 Å². The molecule has 0 amide bonds. The fourth-order valence-corrected chi connectivity index (χ4v) is 2.25. The number of unbranched alkanes of at least 4 members (excludes halogenated alkanes) is 2. The zero-order valence-electron chi connectivity index (χ0n) is 16.5. The van der Waals surface area contributed by atoms with Crippen LogP contribution in [0.3, 0.4) is 0 Å². The van der Waals surface area contributed by atoms with Crippen molar-refractivity contribution in [3.05, 3.63) is 11.1 Å². The number of hydrogen-bond donors (Lipinski definition) is 0. The highest BCUT2D eigenvalue weighted by molar-refractivity contribution is 6.00. The van der Waals surface area contributed by atoms with E-state index < -0.39 is 0 Å². The molecule has 0 aromatic rings. The van der Waals surface area contributed by atoms with Gasteiger partial charge in [-0.2, -0.15) is 0 Å². The van der Waals surface area contributed by atoms with Crippen LogP contribution >= 0.6 is 0 Å². The second kappa shape index (κ2) is 12.1. The minimum absolute atomic E-state index is 0.109. The molecule has 24 heavy (non-hydrogen) atoms. The van der Waals surface area contributed by atoms with E-state index in [1.165, 1.54) is 0 Å². The summed E-state index contributed by atoms with van der Waals surface area (Å²) < 4.78 is 10.8. The standard InChI is InChI=1S/C20H36O4/c1-7-10-13-23-18(21)16(12-9-3)17(15-20(4,5)6)19(22)24-14-11-8-2/h7-15H2,1-6H3. The van der Waals surface area contributed by atoms with Gasteiger partial charge in [0.15, 0.2) is 0 Å². The molecule has 4 nitrogen and oxygen atoms in total. The van der Waals surface area contributed by atoms with Gasteiger partial charge < -0.3 is 9.47 Å². The van der Waals surface area contributed by atoms with Crippen molar-refractivity contribution in [1.29, 1.82) is 0 Å². The van der Waals surface area contributed by atoms with E-state index in [-0.39, 0.29) is 17.4 Å². The van der Waals surface area contributed by atoms with Gasteiger partial charge in [0.2, 0.25) is 0 Å². The van der Waals surface area contributed by atoms with E-state index in [0.717, 1.165) is 32.1 Å². The first kappa shape index (κ1) is 22.7. The molecule has 0 N–H and O–H groups in total. The molecule has 0 aromatic heterocycles. The minimum atomic E-state index is -0.366. The third-order valence-corrected chi connectivity index (χ3v) is 3.53. The predicted octanol–water partition coefficient (Wildman–Crippen LogP) is 5.21. The third kappa shape index (κ3) is 9.74. The van der Waals surface area contributed by atoms with Gasteiger partial charge in [0, 0.05) is 11.1 Å². The maximum Gasteiger partial charge on any atom is 0.334 e. The van der Waals surface area contributed by atoms with Crippen molar-refractivity contribution in [3.8, 4) is 0 Å². The molecule has 4 heteroatoms. The molecule has 0 aromatic carbocycles. The largest absolute Gasteiger partial charge is 0.462 e. The van der Waals surface area contributed by atoms with Crippen molar-refractivity contribution >= 4 is 11.9 Å². The van der Waals surface area contributed by atoms with Crippen molar-refractivity contribution in [3.63, 3.8) is 0 Å². The summed E-state index contributed by atoms with van der Waals surface area (Å²) in [6, 6.07) is 0. The Labute approximate surface area is 148 Å². The van der Waals surface area contributed by atoms with Gasteiger partial charge in [-0.15, -0.1) is 0 Å². The number of esters is 2. The lowest BCUT2D eigenvalue weighted by Gasteiger charge is -2.22. The van der Waals surface area contributed by atoms with Crippen LogP contribution in [0.1, 0.15) is 86.5 Å². The van der Waals surface area contributed by atoms with Gasteiger partial charge in [0.25, 0.3) is 0 Å². The number of carbonyl (C=O) groups is 2. The minimum Gasteiger partial charge on any atom is -0.462 e. The molecular weight excluding hydrogens is 304 g/mol. The summed E-state index contributed by atoms with van der Waals surface area (Å²) in [5, 5.41) is 0. The van der Waals surface area contributed by atoms with Crippen LogP contribution < -0.4 is 0 Å². The summed E-state index contributed by atoms with van der Waals surface area (Å²) in [7, 11) is 0.